The van der Waals surface area contributed by atoms with Gasteiger partial charge in [-0.05, 0) is 44.6 Å². The van der Waals surface area contributed by atoms with Gasteiger partial charge < -0.3 is 14.8 Å². The molecule has 2 rings (SSSR count). The first kappa shape index (κ1) is 15.9. The van der Waals surface area contributed by atoms with E-state index in [-0.39, 0.29) is 0 Å². The molecule has 21 heavy (non-hydrogen) atoms. The van der Waals surface area contributed by atoms with Gasteiger partial charge in [0.15, 0.2) is 11.5 Å². The molecule has 1 aliphatic carbocycles. The summed E-state index contributed by atoms with van der Waals surface area (Å²) in [7, 11) is 1.70. The smallest absolute Gasteiger partial charge is 0.165 e. The number of methoxy groups -OCH3 is 1. The monoisotopic (exact) mass is 289 g/mol. The predicted molar refractivity (Wildman–Crippen MR) is 87.0 cm³/mol. The van der Waals surface area contributed by atoms with Gasteiger partial charge in [-0.15, -0.1) is 6.58 Å². The number of ether oxygens (including phenoxy) is 2. The quantitative estimate of drug-likeness (QED) is 0.492. The Bertz CT molecular complexity index is 441. The molecule has 0 heterocycles. The van der Waals surface area contributed by atoms with Crippen molar-refractivity contribution >= 4 is 0 Å². The van der Waals surface area contributed by atoms with E-state index in [2.05, 4.69) is 18.0 Å². The zero-order valence-corrected chi connectivity index (χ0v) is 13.1. The van der Waals surface area contributed by atoms with Crippen LogP contribution in [0.3, 0.4) is 0 Å². The second kappa shape index (κ2) is 8.73. The van der Waals surface area contributed by atoms with Crippen LogP contribution < -0.4 is 14.8 Å². The Morgan fingerprint density at radius 1 is 1.29 bits per heavy atom. The fraction of sp³-hybridized carbons (Fsp3) is 0.556. The van der Waals surface area contributed by atoms with E-state index < -0.39 is 0 Å². The van der Waals surface area contributed by atoms with Crippen LogP contribution in [0.5, 0.6) is 11.5 Å². The van der Waals surface area contributed by atoms with Crippen molar-refractivity contribution in [2.24, 2.45) is 0 Å². The number of hydrogen-bond acceptors (Lipinski definition) is 3. The van der Waals surface area contributed by atoms with Gasteiger partial charge in [0.05, 0.1) is 13.7 Å². The summed E-state index contributed by atoms with van der Waals surface area (Å²) in [6, 6.07) is 6.81. The van der Waals surface area contributed by atoms with Crippen molar-refractivity contribution in [3.63, 3.8) is 0 Å². The molecule has 1 saturated carbocycles. The molecular formula is C18H27NO2. The van der Waals surface area contributed by atoms with Crippen LogP contribution >= 0.6 is 0 Å². The summed E-state index contributed by atoms with van der Waals surface area (Å²) >= 11 is 0. The van der Waals surface area contributed by atoms with Gasteiger partial charge in [0.1, 0.15) is 0 Å². The van der Waals surface area contributed by atoms with Gasteiger partial charge in [-0.1, -0.05) is 18.2 Å². The van der Waals surface area contributed by atoms with E-state index in [9.17, 15) is 0 Å². The van der Waals surface area contributed by atoms with Crippen molar-refractivity contribution in [1.82, 2.24) is 5.32 Å². The summed E-state index contributed by atoms with van der Waals surface area (Å²) in [5, 5.41) is 3.54. The molecule has 0 bridgehead atoms. The summed E-state index contributed by atoms with van der Waals surface area (Å²) in [5.41, 5.74) is 1.19. The predicted octanol–water partition coefficient (Wildman–Crippen LogP) is 4.07. The van der Waals surface area contributed by atoms with Crippen molar-refractivity contribution in [2.75, 3.05) is 13.7 Å². The molecule has 0 aromatic heterocycles. The number of hydrogen-bond donors (Lipinski definition) is 1. The SMILES string of the molecule is C=CCCCCCOc1c(CNC2CC2)cccc1OC. The summed E-state index contributed by atoms with van der Waals surface area (Å²) < 4.78 is 11.4. The summed E-state index contributed by atoms with van der Waals surface area (Å²) in [5.74, 6) is 1.73. The third-order valence-corrected chi connectivity index (χ3v) is 3.74. The molecule has 1 aliphatic rings. The Morgan fingerprint density at radius 3 is 2.86 bits per heavy atom. The first-order chi connectivity index (χ1) is 10.3. The zero-order chi connectivity index (χ0) is 14.9. The molecule has 0 amide bonds. The van der Waals surface area contributed by atoms with Crippen molar-refractivity contribution in [1.29, 1.82) is 0 Å². The lowest BCUT2D eigenvalue weighted by molar-refractivity contribution is 0.282. The molecule has 0 radical (unpaired) electrons. The Morgan fingerprint density at radius 2 is 2.14 bits per heavy atom. The summed E-state index contributed by atoms with van der Waals surface area (Å²) in [6.07, 6.45) is 9.09. The standard InChI is InChI=1S/C18H27NO2/c1-3-4-5-6-7-13-21-18-15(14-19-16-11-12-16)9-8-10-17(18)20-2/h3,8-10,16,19H,1,4-7,11-14H2,2H3. The Balaban J connectivity index is 1.86. The highest BCUT2D eigenvalue weighted by molar-refractivity contribution is 5.46. The van der Waals surface area contributed by atoms with Crippen LogP contribution in [0.4, 0.5) is 0 Å². The lowest BCUT2D eigenvalue weighted by atomic mass is 10.1. The largest absolute Gasteiger partial charge is 0.493 e. The molecule has 3 heteroatoms. The topological polar surface area (TPSA) is 30.5 Å². The van der Waals surface area contributed by atoms with Crippen LogP contribution in [0.1, 0.15) is 44.1 Å². The minimum absolute atomic E-state index is 0.697. The van der Waals surface area contributed by atoms with Crippen molar-refractivity contribution in [2.45, 2.75) is 51.1 Å². The van der Waals surface area contributed by atoms with Gasteiger partial charge in [0, 0.05) is 18.2 Å². The van der Waals surface area contributed by atoms with Gasteiger partial charge in [-0.3, -0.25) is 0 Å². The molecule has 0 saturated heterocycles. The fourth-order valence-electron chi connectivity index (χ4n) is 2.31. The van der Waals surface area contributed by atoms with E-state index in [1.165, 1.54) is 31.2 Å². The van der Waals surface area contributed by atoms with Crippen LogP contribution in [-0.2, 0) is 6.54 Å². The van der Waals surface area contributed by atoms with E-state index >= 15 is 0 Å². The minimum atomic E-state index is 0.697. The average Bonchev–Trinajstić information content (AvgIpc) is 3.33. The highest BCUT2D eigenvalue weighted by Crippen LogP contribution is 2.32. The number of nitrogens with one attached hydrogen (secondary N) is 1. The van der Waals surface area contributed by atoms with E-state index in [1.54, 1.807) is 7.11 Å². The summed E-state index contributed by atoms with van der Waals surface area (Å²) in [4.78, 5) is 0. The molecule has 1 fully saturated rings. The van der Waals surface area contributed by atoms with Crippen LogP contribution in [0.15, 0.2) is 30.9 Å². The maximum absolute atomic E-state index is 6.00. The van der Waals surface area contributed by atoms with E-state index in [4.69, 9.17) is 9.47 Å². The first-order valence-electron chi connectivity index (χ1n) is 7.98. The fourth-order valence-corrected chi connectivity index (χ4v) is 2.31. The number of rotatable bonds is 11. The Labute approximate surface area is 128 Å². The molecule has 0 aliphatic heterocycles. The first-order valence-corrected chi connectivity index (χ1v) is 7.98. The van der Waals surface area contributed by atoms with Gasteiger partial charge in [0.2, 0.25) is 0 Å². The molecular weight excluding hydrogens is 262 g/mol. The summed E-state index contributed by atoms with van der Waals surface area (Å²) in [6.45, 7) is 5.34. The van der Waals surface area contributed by atoms with Crippen LogP contribution in [0.25, 0.3) is 0 Å². The van der Waals surface area contributed by atoms with E-state index in [0.717, 1.165) is 37.5 Å². The number of para-hydroxylation sites is 1. The highest BCUT2D eigenvalue weighted by Gasteiger charge is 2.21. The van der Waals surface area contributed by atoms with Crippen LogP contribution in [0.2, 0.25) is 0 Å². The van der Waals surface area contributed by atoms with E-state index in [0.29, 0.717) is 6.04 Å². The molecule has 116 valence electrons. The van der Waals surface area contributed by atoms with Crippen molar-refractivity contribution in [3.05, 3.63) is 36.4 Å². The maximum atomic E-state index is 6.00. The Kier molecular flexibility index (Phi) is 6.61. The zero-order valence-electron chi connectivity index (χ0n) is 13.1. The van der Waals surface area contributed by atoms with Crippen molar-refractivity contribution < 1.29 is 9.47 Å². The van der Waals surface area contributed by atoms with Crippen molar-refractivity contribution in [3.8, 4) is 11.5 Å². The number of benzene rings is 1. The van der Waals surface area contributed by atoms with Crippen LogP contribution in [0, 0.1) is 0 Å². The highest BCUT2D eigenvalue weighted by atomic mass is 16.5. The van der Waals surface area contributed by atoms with Gasteiger partial charge in [-0.2, -0.15) is 0 Å². The molecule has 1 N–H and O–H groups in total. The molecule has 1 aromatic carbocycles. The average molecular weight is 289 g/mol. The second-order valence-corrected chi connectivity index (χ2v) is 5.59. The normalized spacial score (nSPS) is 14.0. The molecule has 0 atom stereocenters. The third-order valence-electron chi connectivity index (χ3n) is 3.74. The second-order valence-electron chi connectivity index (χ2n) is 5.59. The molecule has 0 spiro atoms. The van der Waals surface area contributed by atoms with Crippen LogP contribution in [-0.4, -0.2) is 19.8 Å². The Hall–Kier alpha value is -1.48. The van der Waals surface area contributed by atoms with Gasteiger partial charge in [0.25, 0.3) is 0 Å². The lowest BCUT2D eigenvalue weighted by Crippen LogP contribution is -2.16. The minimum Gasteiger partial charge on any atom is -0.493 e. The molecule has 3 nitrogen and oxygen atoms in total. The maximum Gasteiger partial charge on any atom is 0.165 e. The lowest BCUT2D eigenvalue weighted by Gasteiger charge is -2.15. The van der Waals surface area contributed by atoms with E-state index in [1.807, 2.05) is 18.2 Å². The van der Waals surface area contributed by atoms with Gasteiger partial charge >= 0.3 is 0 Å². The van der Waals surface area contributed by atoms with Gasteiger partial charge in [-0.25, -0.2) is 0 Å². The third kappa shape index (κ3) is 5.43. The molecule has 1 aromatic rings. The molecule has 0 unspecified atom stereocenters. The number of unbranched alkanes of at least 4 members (excludes halogenated alkanes) is 3. The number of allylic oxidation sites excluding steroid dienone is 1.